The summed E-state index contributed by atoms with van der Waals surface area (Å²) in [5.41, 5.74) is 0.0442. The first-order valence-electron chi connectivity index (χ1n) is 8.05. The van der Waals surface area contributed by atoms with Gasteiger partial charge in [-0.1, -0.05) is 21.6 Å². The van der Waals surface area contributed by atoms with Crippen LogP contribution in [0.25, 0.3) is 0 Å². The van der Waals surface area contributed by atoms with Crippen molar-refractivity contribution in [3.05, 3.63) is 0 Å². The molecule has 0 aliphatic carbocycles. The Morgan fingerprint density at radius 3 is 1.36 bits per heavy atom. The molecule has 2 atom stereocenters. The zero-order chi connectivity index (χ0) is 17.2. The monoisotopic (exact) mass is 418 g/mol. The molecule has 0 heterocycles. The molecule has 2 unspecified atom stereocenters. The highest BCUT2D eigenvalue weighted by molar-refractivity contribution is 9.26. The second-order valence-electron chi connectivity index (χ2n) is 6.74. The Balaban J connectivity index is 3.83. The molecule has 0 aliphatic rings. The highest BCUT2D eigenvalue weighted by atomic mass is 33.7. The summed E-state index contributed by atoms with van der Waals surface area (Å²) in [7, 11) is 10.4. The molecule has 0 bridgehead atoms. The molecule has 2 nitrogen and oxygen atoms in total. The maximum atomic E-state index is 5.80. The molecule has 0 aromatic rings. The van der Waals surface area contributed by atoms with Crippen molar-refractivity contribution in [1.82, 2.24) is 0 Å². The van der Waals surface area contributed by atoms with Crippen LogP contribution in [0.4, 0.5) is 0 Å². The van der Waals surface area contributed by atoms with Gasteiger partial charge in [0.2, 0.25) is 0 Å². The summed E-state index contributed by atoms with van der Waals surface area (Å²) in [6, 6.07) is 0. The lowest BCUT2D eigenvalue weighted by Gasteiger charge is -2.28. The first-order chi connectivity index (χ1) is 10.1. The van der Waals surface area contributed by atoms with Crippen molar-refractivity contribution >= 4 is 61.7 Å². The second-order valence-corrected chi connectivity index (χ2v) is 17.9. The van der Waals surface area contributed by atoms with E-state index < -0.39 is 0 Å². The molecule has 0 fully saturated rings. The fourth-order valence-electron chi connectivity index (χ4n) is 2.52. The van der Waals surface area contributed by atoms with Gasteiger partial charge in [-0.2, -0.15) is 0 Å². The van der Waals surface area contributed by atoms with Crippen LogP contribution in [0.3, 0.4) is 0 Å². The van der Waals surface area contributed by atoms with E-state index in [2.05, 4.69) is 41.5 Å². The Kier molecular flexibility index (Phi) is 13.1. The molecule has 8 heteroatoms. The molecule has 0 aromatic carbocycles. The molecule has 0 N–H and O–H groups in total. The van der Waals surface area contributed by atoms with Gasteiger partial charge in [0.05, 0.1) is 11.2 Å². The van der Waals surface area contributed by atoms with Crippen molar-refractivity contribution in [2.24, 2.45) is 0 Å². The molecular weight excluding hydrogens is 385 g/mol. The number of rotatable bonds is 13. The first kappa shape index (κ1) is 23.8. The van der Waals surface area contributed by atoms with Crippen molar-refractivity contribution < 1.29 is 9.47 Å². The lowest BCUT2D eigenvalue weighted by Crippen LogP contribution is -2.29. The Hall–Kier alpha value is 1.75. The average Bonchev–Trinajstić information content (AvgIpc) is 2.33. The van der Waals surface area contributed by atoms with Crippen LogP contribution in [-0.4, -0.2) is 54.6 Å². The van der Waals surface area contributed by atoms with Crippen LogP contribution < -0.4 is 0 Å². The summed E-state index contributed by atoms with van der Waals surface area (Å²) in [6.07, 6.45) is 2.30. The minimum Gasteiger partial charge on any atom is -0.376 e. The minimum atomic E-state index is 0.0221. The zero-order valence-electron chi connectivity index (χ0n) is 15.4. The van der Waals surface area contributed by atoms with E-state index in [1.807, 2.05) is 41.2 Å². The van der Waals surface area contributed by atoms with E-state index in [0.717, 1.165) is 35.8 Å². The van der Waals surface area contributed by atoms with E-state index in [1.165, 1.54) is 20.5 Å². The van der Waals surface area contributed by atoms with Gasteiger partial charge < -0.3 is 9.47 Å². The van der Waals surface area contributed by atoms with Gasteiger partial charge in [0.1, 0.15) is 0 Å². The van der Waals surface area contributed by atoms with E-state index in [4.69, 9.17) is 9.47 Å². The molecule has 0 amide bonds. The van der Waals surface area contributed by atoms with E-state index in [1.54, 1.807) is 0 Å². The lowest BCUT2D eigenvalue weighted by molar-refractivity contribution is -0.0135. The van der Waals surface area contributed by atoms with Crippen LogP contribution in [0, 0.1) is 0 Å². The quantitative estimate of drug-likeness (QED) is 0.257. The Labute approximate surface area is 159 Å². The van der Waals surface area contributed by atoms with Crippen molar-refractivity contribution in [3.63, 3.8) is 0 Å². The van der Waals surface area contributed by atoms with Crippen LogP contribution in [0.5, 0.6) is 0 Å². The van der Waals surface area contributed by atoms with Crippen LogP contribution in [0.15, 0.2) is 0 Å². The van der Waals surface area contributed by atoms with Gasteiger partial charge in [-0.3, -0.25) is 0 Å². The summed E-state index contributed by atoms with van der Waals surface area (Å²) in [4.78, 5) is 1.49. The third-order valence-electron chi connectivity index (χ3n) is 3.06. The maximum Gasteiger partial charge on any atom is 0.0634 e. The smallest absolute Gasteiger partial charge is 0.0634 e. The van der Waals surface area contributed by atoms with Gasteiger partial charge in [-0.05, 0) is 74.0 Å². The highest BCUT2D eigenvalue weighted by Gasteiger charge is 2.23. The lowest BCUT2D eigenvalue weighted by atomic mass is 10.1. The van der Waals surface area contributed by atoms with Crippen molar-refractivity contribution in [3.8, 4) is 0 Å². The van der Waals surface area contributed by atoms with Gasteiger partial charge in [0, 0.05) is 43.4 Å². The number of ether oxygens (including phenoxy) is 2. The molecule has 134 valence electrons. The summed E-state index contributed by atoms with van der Waals surface area (Å²) in [5.74, 6) is 0. The van der Waals surface area contributed by atoms with E-state index in [9.17, 15) is 0 Å². The standard InChI is InChI=1S/C14H34O2S4Si2/c1-7-15-13(3,4)9-11(21)17-19-20-18-12(22)10-14(5,6)16-8-2/h11-12H,7-10H2,1-6,21-22H3. The van der Waals surface area contributed by atoms with Crippen LogP contribution >= 0.6 is 41.2 Å². The van der Waals surface area contributed by atoms with Crippen molar-refractivity contribution in [1.29, 1.82) is 0 Å². The van der Waals surface area contributed by atoms with E-state index in [0.29, 0.717) is 0 Å². The summed E-state index contributed by atoms with van der Waals surface area (Å²) in [5, 5.41) is 0. The van der Waals surface area contributed by atoms with Crippen LogP contribution in [0.2, 0.25) is 0 Å². The minimum absolute atomic E-state index is 0.0221. The molecule has 0 spiro atoms. The SMILES string of the molecule is CCOC(C)(C)CC([SiH3])SSSSC([SiH3])CC(C)(C)OCC. The molecule has 0 aromatic heterocycles. The normalized spacial score (nSPS) is 16.1. The Morgan fingerprint density at radius 2 is 1.09 bits per heavy atom. The van der Waals surface area contributed by atoms with Gasteiger partial charge in [-0.15, -0.1) is 0 Å². The van der Waals surface area contributed by atoms with Crippen LogP contribution in [-0.2, 0) is 9.47 Å². The van der Waals surface area contributed by atoms with Crippen LogP contribution in [0.1, 0.15) is 54.4 Å². The third-order valence-corrected chi connectivity index (χ3v) is 14.6. The van der Waals surface area contributed by atoms with Crippen molar-refractivity contribution in [2.45, 2.75) is 75.3 Å². The van der Waals surface area contributed by atoms with E-state index in [-0.39, 0.29) is 11.2 Å². The predicted molar refractivity (Wildman–Crippen MR) is 118 cm³/mol. The average molecular weight is 419 g/mol. The van der Waals surface area contributed by atoms with E-state index >= 15 is 0 Å². The largest absolute Gasteiger partial charge is 0.376 e. The van der Waals surface area contributed by atoms with Gasteiger partial charge in [0.15, 0.2) is 0 Å². The predicted octanol–water partition coefficient (Wildman–Crippen LogP) is 3.46. The fourth-order valence-corrected chi connectivity index (χ4v) is 16.1. The second kappa shape index (κ2) is 12.2. The van der Waals surface area contributed by atoms with Gasteiger partial charge >= 0.3 is 0 Å². The third kappa shape index (κ3) is 13.1. The molecule has 22 heavy (non-hydrogen) atoms. The Bertz CT molecular complexity index is 266. The Morgan fingerprint density at radius 1 is 0.773 bits per heavy atom. The number of hydrogen-bond acceptors (Lipinski definition) is 6. The molecule has 0 rings (SSSR count). The molecule has 0 saturated heterocycles. The van der Waals surface area contributed by atoms with Gasteiger partial charge in [-0.25, -0.2) is 0 Å². The fraction of sp³-hybridized carbons (Fsp3) is 1.00. The zero-order valence-corrected chi connectivity index (χ0v) is 22.7. The first-order valence-corrected chi connectivity index (χ1v) is 15.3. The summed E-state index contributed by atoms with van der Waals surface area (Å²) >= 11 is 0. The molecular formula is C14H34O2S4Si2. The maximum absolute atomic E-state index is 5.80. The van der Waals surface area contributed by atoms with Gasteiger partial charge in [0.25, 0.3) is 0 Å². The summed E-state index contributed by atoms with van der Waals surface area (Å²) in [6.45, 7) is 14.6. The molecule has 0 aliphatic heterocycles. The van der Waals surface area contributed by atoms with Crippen molar-refractivity contribution in [2.75, 3.05) is 13.2 Å². The topological polar surface area (TPSA) is 18.5 Å². The molecule has 0 radical (unpaired) electrons. The molecule has 0 saturated carbocycles. The summed E-state index contributed by atoms with van der Waals surface area (Å²) < 4.78 is 11.6. The highest BCUT2D eigenvalue weighted by Crippen LogP contribution is 2.47. The number of hydrogen-bond donors (Lipinski definition) is 0.